The lowest BCUT2D eigenvalue weighted by Gasteiger charge is -2.03. The normalized spacial score (nSPS) is 10.4. The molecule has 6 heteroatoms. The molecule has 0 aliphatic heterocycles. The van der Waals surface area contributed by atoms with Crippen LogP contribution in [0.4, 0.5) is 0 Å². The van der Waals surface area contributed by atoms with Gasteiger partial charge in [-0.15, -0.1) is 0 Å². The number of carboxylic acid groups (broad SMARTS) is 1. The van der Waals surface area contributed by atoms with Gasteiger partial charge in [0.15, 0.2) is 0 Å². The van der Waals surface area contributed by atoms with Gasteiger partial charge in [-0.05, 0) is 25.7 Å². The number of esters is 2. The molecule has 0 aliphatic carbocycles. The van der Waals surface area contributed by atoms with E-state index in [2.05, 4.69) is 40.5 Å². The number of rotatable bonds is 42. The number of aliphatic carboxylic acids is 1. The van der Waals surface area contributed by atoms with E-state index in [-0.39, 0.29) is 11.9 Å². The third kappa shape index (κ3) is 58.0. The molecule has 0 aliphatic rings. The first kappa shape index (κ1) is 58.9. The van der Waals surface area contributed by atoms with Gasteiger partial charge in [0.1, 0.15) is 0 Å². The zero-order chi connectivity index (χ0) is 42.7. The predicted octanol–water partition coefficient (Wildman–Crippen LogP) is 16.6. The van der Waals surface area contributed by atoms with Crippen molar-refractivity contribution in [1.29, 1.82) is 0 Å². The number of unbranched alkanes of at least 4 members (excludes halogenated alkanes) is 33. The maximum Gasteiger partial charge on any atom is 0.330 e. The second-order valence-corrected chi connectivity index (χ2v) is 16.1. The topological polar surface area (TPSA) is 89.9 Å². The summed E-state index contributed by atoms with van der Waals surface area (Å²) in [6.07, 6.45) is 50.5. The van der Waals surface area contributed by atoms with Gasteiger partial charge in [0.05, 0.1) is 13.2 Å². The average Bonchev–Trinajstić information content (AvgIpc) is 3.21. The van der Waals surface area contributed by atoms with Crippen LogP contribution in [0.15, 0.2) is 37.5 Å². The number of ether oxygens (including phenoxy) is 2. The highest BCUT2D eigenvalue weighted by Crippen LogP contribution is 2.15. The smallest absolute Gasteiger partial charge is 0.330 e. The van der Waals surface area contributed by atoms with Crippen molar-refractivity contribution >= 4 is 17.9 Å². The molecule has 0 aromatic rings. The Morgan fingerprint density at radius 1 is 0.386 bits per heavy atom. The molecular formula is C51H96O6. The molecular weight excluding hydrogens is 709 g/mol. The van der Waals surface area contributed by atoms with Gasteiger partial charge in [0, 0.05) is 17.7 Å². The molecule has 0 atom stereocenters. The van der Waals surface area contributed by atoms with E-state index in [9.17, 15) is 14.4 Å². The zero-order valence-corrected chi connectivity index (χ0v) is 38.3. The molecule has 0 radical (unpaired) electrons. The van der Waals surface area contributed by atoms with Crippen LogP contribution in [0.2, 0.25) is 0 Å². The highest BCUT2D eigenvalue weighted by molar-refractivity contribution is 5.85. The van der Waals surface area contributed by atoms with E-state index in [0.29, 0.717) is 25.2 Å². The lowest BCUT2D eigenvalue weighted by molar-refractivity contribution is -0.138. The molecule has 0 bridgehead atoms. The van der Waals surface area contributed by atoms with Crippen molar-refractivity contribution in [2.24, 2.45) is 0 Å². The SMILES string of the molecule is C=C(CCCCCCCCCCCCCC)C(=O)O.C=CC(=O)OCCCCCCCCCCCCC.C=CC(=O)OCCCCCCCCCCCCCCC. The van der Waals surface area contributed by atoms with Crippen molar-refractivity contribution in [3.05, 3.63) is 37.5 Å². The molecule has 0 saturated heterocycles. The Hall–Kier alpha value is -2.37. The molecule has 0 fully saturated rings. The van der Waals surface area contributed by atoms with Gasteiger partial charge in [-0.25, -0.2) is 14.4 Å². The van der Waals surface area contributed by atoms with Gasteiger partial charge in [0.2, 0.25) is 0 Å². The maximum absolute atomic E-state index is 10.8. The lowest BCUT2D eigenvalue weighted by Crippen LogP contribution is -2.01. The molecule has 0 spiro atoms. The molecule has 0 rings (SSSR count). The molecule has 336 valence electrons. The molecule has 1 N–H and O–H groups in total. The summed E-state index contributed by atoms with van der Waals surface area (Å²) in [5, 5.41) is 8.66. The Morgan fingerprint density at radius 2 is 0.596 bits per heavy atom. The Kier molecular flexibility index (Phi) is 55.5. The van der Waals surface area contributed by atoms with Crippen LogP contribution >= 0.6 is 0 Å². The van der Waals surface area contributed by atoms with Crippen LogP contribution in [0.5, 0.6) is 0 Å². The second kappa shape index (κ2) is 53.6. The van der Waals surface area contributed by atoms with E-state index in [4.69, 9.17) is 14.6 Å². The Balaban J connectivity index is -0.000000768. The number of hydrogen-bond donors (Lipinski definition) is 1. The van der Waals surface area contributed by atoms with Gasteiger partial charge in [-0.2, -0.15) is 0 Å². The number of hydrogen-bond acceptors (Lipinski definition) is 5. The molecule has 0 amide bonds. The third-order valence-electron chi connectivity index (χ3n) is 10.5. The fourth-order valence-corrected chi connectivity index (χ4v) is 6.64. The minimum absolute atomic E-state index is 0.302. The summed E-state index contributed by atoms with van der Waals surface area (Å²) < 4.78 is 9.85. The first-order chi connectivity index (χ1) is 27.8. The van der Waals surface area contributed by atoms with E-state index in [1.54, 1.807) is 0 Å². The largest absolute Gasteiger partial charge is 0.478 e. The van der Waals surface area contributed by atoms with Gasteiger partial charge >= 0.3 is 17.9 Å². The number of carbonyl (C=O) groups is 3. The number of carbonyl (C=O) groups excluding carboxylic acids is 2. The lowest BCUT2D eigenvalue weighted by atomic mass is 10.0. The standard InChI is InChI=1S/C18H34O2.C17H32O2.C16H30O2/c1-3-5-6-7-8-9-10-11-12-13-14-15-16-17-20-18(19)4-2;1-3-4-5-6-7-8-9-10-11-12-13-14-15-16(2)17(18)19;1-3-5-6-7-8-9-10-11-12-13-14-15-18-16(17)4-2/h4H,2-3,5-17H2,1H3;2-15H2,1H3,(H,18,19);4H,2-3,5-15H2,1H3. The highest BCUT2D eigenvalue weighted by Gasteiger charge is 2.03. The molecule has 6 nitrogen and oxygen atoms in total. The molecule has 0 aromatic heterocycles. The first-order valence-corrected chi connectivity index (χ1v) is 24.3. The van der Waals surface area contributed by atoms with Crippen LogP contribution in [0, 0.1) is 0 Å². The van der Waals surface area contributed by atoms with Crippen molar-refractivity contribution < 1.29 is 29.0 Å². The molecule has 0 unspecified atom stereocenters. The Bertz CT molecular complexity index is 881. The van der Waals surface area contributed by atoms with Crippen molar-refractivity contribution in [1.82, 2.24) is 0 Å². The first-order valence-electron chi connectivity index (χ1n) is 24.3. The van der Waals surface area contributed by atoms with E-state index >= 15 is 0 Å². The summed E-state index contributed by atoms with van der Waals surface area (Å²) in [6.45, 7) is 18.1. The second-order valence-electron chi connectivity index (χ2n) is 16.1. The van der Waals surface area contributed by atoms with Crippen molar-refractivity contribution in [2.45, 2.75) is 258 Å². The Morgan fingerprint density at radius 3 is 0.807 bits per heavy atom. The van der Waals surface area contributed by atoms with Gasteiger partial charge in [-0.1, -0.05) is 252 Å². The molecule has 0 heterocycles. The minimum Gasteiger partial charge on any atom is -0.478 e. The monoisotopic (exact) mass is 805 g/mol. The number of carboxylic acids is 1. The molecule has 0 aromatic carbocycles. The van der Waals surface area contributed by atoms with Crippen molar-refractivity contribution in [3.63, 3.8) is 0 Å². The summed E-state index contributed by atoms with van der Waals surface area (Å²) in [5.74, 6) is -1.45. The summed E-state index contributed by atoms with van der Waals surface area (Å²) in [5.41, 5.74) is 0.354. The van der Waals surface area contributed by atoms with Crippen LogP contribution in [0.3, 0.4) is 0 Å². The van der Waals surface area contributed by atoms with Crippen molar-refractivity contribution in [2.75, 3.05) is 13.2 Å². The molecule has 57 heavy (non-hydrogen) atoms. The summed E-state index contributed by atoms with van der Waals surface area (Å²) in [7, 11) is 0. The van der Waals surface area contributed by atoms with E-state index in [0.717, 1.165) is 25.7 Å². The van der Waals surface area contributed by atoms with Crippen LogP contribution in [-0.4, -0.2) is 36.2 Å². The van der Waals surface area contributed by atoms with Crippen LogP contribution in [0.1, 0.15) is 258 Å². The third-order valence-corrected chi connectivity index (χ3v) is 10.5. The van der Waals surface area contributed by atoms with E-state index in [1.807, 2.05) is 0 Å². The average molecular weight is 805 g/mol. The minimum atomic E-state index is -0.844. The van der Waals surface area contributed by atoms with Gasteiger partial charge in [-0.3, -0.25) is 0 Å². The fourth-order valence-electron chi connectivity index (χ4n) is 6.64. The molecule has 0 saturated carbocycles. The fraction of sp³-hybridized carbons (Fsp3) is 0.824. The van der Waals surface area contributed by atoms with Crippen LogP contribution in [0.25, 0.3) is 0 Å². The highest BCUT2D eigenvalue weighted by atomic mass is 16.5. The van der Waals surface area contributed by atoms with Gasteiger partial charge in [0.25, 0.3) is 0 Å². The van der Waals surface area contributed by atoms with Gasteiger partial charge < -0.3 is 14.6 Å². The van der Waals surface area contributed by atoms with Crippen molar-refractivity contribution in [3.8, 4) is 0 Å². The van der Waals surface area contributed by atoms with Crippen LogP contribution < -0.4 is 0 Å². The van der Waals surface area contributed by atoms with E-state index in [1.165, 1.54) is 218 Å². The summed E-state index contributed by atoms with van der Waals surface area (Å²) >= 11 is 0. The summed E-state index contributed by atoms with van der Waals surface area (Å²) in [4.78, 5) is 32.1. The Labute approximate surface area is 354 Å². The predicted molar refractivity (Wildman–Crippen MR) is 247 cm³/mol. The zero-order valence-electron chi connectivity index (χ0n) is 38.3. The summed E-state index contributed by atoms with van der Waals surface area (Å²) in [6, 6.07) is 0. The van der Waals surface area contributed by atoms with Crippen LogP contribution in [-0.2, 0) is 23.9 Å². The maximum atomic E-state index is 10.8. The quantitative estimate of drug-likeness (QED) is 0.0375. The van der Waals surface area contributed by atoms with E-state index < -0.39 is 5.97 Å².